The van der Waals surface area contributed by atoms with Gasteiger partial charge in [-0.25, -0.2) is 0 Å². The standard InChI is InChI=1S/C23H30N2O4/c1-14(2)13-23(21(28)29)18-17(19(26)25(20(18)27)22(3,4)5)16(24-23)12-11-15-9-7-6-8-10-15/h6-12,14,16-18,24H,13H2,1-5H3,(H,28,29)/b12-11+. The van der Waals surface area contributed by atoms with E-state index in [9.17, 15) is 19.5 Å². The number of carbonyl (C=O) groups is 3. The van der Waals surface area contributed by atoms with Crippen LogP contribution in [0.5, 0.6) is 0 Å². The van der Waals surface area contributed by atoms with E-state index in [0.717, 1.165) is 5.56 Å². The normalized spacial score (nSPS) is 29.9. The summed E-state index contributed by atoms with van der Waals surface area (Å²) in [6, 6.07) is 9.08. The lowest BCUT2D eigenvalue weighted by Crippen LogP contribution is -2.58. The second kappa shape index (κ2) is 7.41. The maximum Gasteiger partial charge on any atom is 0.324 e. The van der Waals surface area contributed by atoms with Gasteiger partial charge in [-0.05, 0) is 38.7 Å². The molecule has 2 heterocycles. The number of benzene rings is 1. The van der Waals surface area contributed by atoms with Gasteiger partial charge in [0.1, 0.15) is 5.54 Å². The van der Waals surface area contributed by atoms with Crippen molar-refractivity contribution in [3.8, 4) is 0 Å². The number of fused-ring (bicyclic) bond motifs is 1. The molecule has 3 rings (SSSR count). The number of amides is 2. The molecule has 0 aromatic heterocycles. The minimum atomic E-state index is -1.46. The van der Waals surface area contributed by atoms with Crippen molar-refractivity contribution in [1.82, 2.24) is 10.2 Å². The van der Waals surface area contributed by atoms with Gasteiger partial charge < -0.3 is 5.11 Å². The number of hydrogen-bond donors (Lipinski definition) is 2. The zero-order chi connectivity index (χ0) is 21.6. The van der Waals surface area contributed by atoms with Gasteiger partial charge in [-0.1, -0.05) is 56.3 Å². The van der Waals surface area contributed by atoms with Gasteiger partial charge in [-0.3, -0.25) is 24.6 Å². The van der Waals surface area contributed by atoms with Gasteiger partial charge in [0.15, 0.2) is 0 Å². The lowest BCUT2D eigenvalue weighted by Gasteiger charge is -2.35. The van der Waals surface area contributed by atoms with Crippen LogP contribution < -0.4 is 5.32 Å². The summed E-state index contributed by atoms with van der Waals surface area (Å²) >= 11 is 0. The van der Waals surface area contributed by atoms with Gasteiger partial charge in [-0.15, -0.1) is 0 Å². The van der Waals surface area contributed by atoms with Crippen LogP contribution in [-0.2, 0) is 14.4 Å². The molecule has 156 valence electrons. The van der Waals surface area contributed by atoms with Crippen LogP contribution in [0.4, 0.5) is 0 Å². The Kier molecular flexibility index (Phi) is 5.43. The van der Waals surface area contributed by atoms with Gasteiger partial charge in [0.05, 0.1) is 11.8 Å². The minimum Gasteiger partial charge on any atom is -0.480 e. The predicted octanol–water partition coefficient (Wildman–Crippen LogP) is 2.94. The Morgan fingerprint density at radius 1 is 1.21 bits per heavy atom. The minimum absolute atomic E-state index is 0.0442. The SMILES string of the molecule is CC(C)CC1(C(=O)O)NC(/C=C/c2ccccc2)C2C(=O)N(C(C)(C)C)C(=O)C21. The highest BCUT2D eigenvalue weighted by molar-refractivity contribution is 6.10. The van der Waals surface area contributed by atoms with Gasteiger partial charge in [0, 0.05) is 11.6 Å². The quantitative estimate of drug-likeness (QED) is 0.745. The summed E-state index contributed by atoms with van der Waals surface area (Å²) in [6.45, 7) is 9.26. The molecule has 0 aliphatic carbocycles. The number of carboxylic acids is 1. The molecule has 1 aromatic rings. The van der Waals surface area contributed by atoms with Gasteiger partial charge in [-0.2, -0.15) is 0 Å². The molecule has 0 bridgehead atoms. The van der Waals surface area contributed by atoms with E-state index in [0.29, 0.717) is 0 Å². The fourth-order valence-corrected chi connectivity index (χ4v) is 4.77. The molecule has 4 atom stereocenters. The van der Waals surface area contributed by atoms with Crippen molar-refractivity contribution in [2.24, 2.45) is 17.8 Å². The third-order valence-electron chi connectivity index (χ3n) is 5.77. The van der Waals surface area contributed by atoms with E-state index >= 15 is 0 Å². The van der Waals surface area contributed by atoms with Crippen molar-refractivity contribution in [1.29, 1.82) is 0 Å². The first-order valence-corrected chi connectivity index (χ1v) is 10.1. The number of carbonyl (C=O) groups excluding carboxylic acids is 2. The van der Waals surface area contributed by atoms with Crippen molar-refractivity contribution in [2.45, 2.75) is 58.2 Å². The molecule has 2 amide bonds. The van der Waals surface area contributed by atoms with E-state index in [1.54, 1.807) is 20.8 Å². The van der Waals surface area contributed by atoms with E-state index in [1.165, 1.54) is 4.90 Å². The van der Waals surface area contributed by atoms with E-state index in [4.69, 9.17) is 0 Å². The highest BCUT2D eigenvalue weighted by atomic mass is 16.4. The molecule has 29 heavy (non-hydrogen) atoms. The fourth-order valence-electron chi connectivity index (χ4n) is 4.77. The van der Waals surface area contributed by atoms with Crippen LogP contribution in [0.1, 0.15) is 46.6 Å². The van der Waals surface area contributed by atoms with Crippen LogP contribution in [0, 0.1) is 17.8 Å². The monoisotopic (exact) mass is 398 g/mol. The van der Waals surface area contributed by atoms with E-state index in [2.05, 4.69) is 5.32 Å². The lowest BCUT2D eigenvalue weighted by molar-refractivity contribution is -0.154. The molecule has 2 aliphatic rings. The molecule has 2 saturated heterocycles. The maximum atomic E-state index is 13.3. The first-order valence-electron chi connectivity index (χ1n) is 10.1. The Balaban J connectivity index is 2.08. The van der Waals surface area contributed by atoms with Crippen LogP contribution >= 0.6 is 0 Å². The second-order valence-electron chi connectivity index (χ2n) is 9.50. The Labute approximate surface area is 172 Å². The van der Waals surface area contributed by atoms with Gasteiger partial charge >= 0.3 is 5.97 Å². The average Bonchev–Trinajstić information content (AvgIpc) is 3.08. The van der Waals surface area contributed by atoms with Crippen LogP contribution in [-0.4, -0.2) is 44.9 Å². The van der Waals surface area contributed by atoms with Crippen LogP contribution in [0.2, 0.25) is 0 Å². The Bertz CT molecular complexity index is 840. The molecule has 2 fully saturated rings. The molecule has 6 heteroatoms. The van der Waals surface area contributed by atoms with Crippen LogP contribution in [0.3, 0.4) is 0 Å². The van der Waals surface area contributed by atoms with Crippen molar-refractivity contribution in [2.75, 3.05) is 0 Å². The van der Waals surface area contributed by atoms with E-state index in [-0.39, 0.29) is 18.2 Å². The number of likely N-dealkylation sites (tertiary alicyclic amines) is 1. The summed E-state index contributed by atoms with van der Waals surface area (Å²) < 4.78 is 0. The third-order valence-corrected chi connectivity index (χ3v) is 5.77. The Hall–Kier alpha value is -2.47. The summed E-state index contributed by atoms with van der Waals surface area (Å²) in [7, 11) is 0. The largest absolute Gasteiger partial charge is 0.480 e. The molecule has 2 aliphatic heterocycles. The van der Waals surface area contributed by atoms with E-state index in [1.807, 2.05) is 56.3 Å². The number of imide groups is 1. The van der Waals surface area contributed by atoms with Crippen LogP contribution in [0.15, 0.2) is 36.4 Å². The number of nitrogens with zero attached hydrogens (tertiary/aromatic N) is 1. The molecule has 1 aromatic carbocycles. The highest BCUT2D eigenvalue weighted by Crippen LogP contribution is 2.47. The maximum absolute atomic E-state index is 13.3. The summed E-state index contributed by atoms with van der Waals surface area (Å²) in [5.41, 5.74) is -1.21. The predicted molar refractivity (Wildman–Crippen MR) is 111 cm³/mol. The van der Waals surface area contributed by atoms with E-state index < -0.39 is 40.8 Å². The summed E-state index contributed by atoms with van der Waals surface area (Å²) in [5.74, 6) is -3.36. The Morgan fingerprint density at radius 2 is 1.83 bits per heavy atom. The van der Waals surface area contributed by atoms with Crippen molar-refractivity contribution in [3.05, 3.63) is 42.0 Å². The van der Waals surface area contributed by atoms with Crippen LogP contribution in [0.25, 0.3) is 6.08 Å². The molecular formula is C23H30N2O4. The zero-order valence-electron chi connectivity index (χ0n) is 17.7. The molecule has 2 N–H and O–H groups in total. The summed E-state index contributed by atoms with van der Waals surface area (Å²) in [4.78, 5) is 40.4. The number of carboxylic acid groups (broad SMARTS) is 1. The van der Waals surface area contributed by atoms with Gasteiger partial charge in [0.25, 0.3) is 0 Å². The summed E-state index contributed by atoms with van der Waals surface area (Å²) in [5, 5.41) is 13.4. The van der Waals surface area contributed by atoms with Crippen molar-refractivity contribution < 1.29 is 19.5 Å². The fraction of sp³-hybridized carbons (Fsp3) is 0.522. The topological polar surface area (TPSA) is 86.7 Å². The highest BCUT2D eigenvalue weighted by Gasteiger charge is 2.68. The zero-order valence-corrected chi connectivity index (χ0v) is 17.7. The summed E-state index contributed by atoms with van der Waals surface area (Å²) in [6.07, 6.45) is 3.98. The third kappa shape index (κ3) is 3.62. The number of nitrogens with one attached hydrogen (secondary N) is 1. The van der Waals surface area contributed by atoms with Gasteiger partial charge in [0.2, 0.25) is 11.8 Å². The van der Waals surface area contributed by atoms with Crippen molar-refractivity contribution >= 4 is 23.9 Å². The average molecular weight is 399 g/mol. The first-order chi connectivity index (χ1) is 13.5. The molecule has 0 saturated carbocycles. The Morgan fingerprint density at radius 3 is 2.34 bits per heavy atom. The molecule has 4 unspecified atom stereocenters. The second-order valence-corrected chi connectivity index (χ2v) is 9.50. The first kappa shape index (κ1) is 21.2. The number of aliphatic carboxylic acids is 1. The molecular weight excluding hydrogens is 368 g/mol. The smallest absolute Gasteiger partial charge is 0.324 e. The lowest BCUT2D eigenvalue weighted by atomic mass is 9.75. The number of rotatable bonds is 5. The molecule has 0 radical (unpaired) electrons. The number of hydrogen-bond acceptors (Lipinski definition) is 4. The van der Waals surface area contributed by atoms with Crippen molar-refractivity contribution in [3.63, 3.8) is 0 Å². The molecule has 0 spiro atoms. The molecule has 6 nitrogen and oxygen atoms in total.